The van der Waals surface area contributed by atoms with E-state index < -0.39 is 5.97 Å². The predicted molar refractivity (Wildman–Crippen MR) is 116 cm³/mol. The van der Waals surface area contributed by atoms with Crippen LogP contribution in [0.25, 0.3) is 10.9 Å². The Labute approximate surface area is 179 Å². The van der Waals surface area contributed by atoms with E-state index in [1.165, 1.54) is 0 Å². The van der Waals surface area contributed by atoms with Gasteiger partial charge in [0, 0.05) is 35.5 Å². The van der Waals surface area contributed by atoms with Crippen molar-refractivity contribution in [2.24, 2.45) is 0 Å². The molecule has 0 saturated heterocycles. The van der Waals surface area contributed by atoms with Gasteiger partial charge in [0.05, 0.1) is 11.2 Å². The maximum atomic E-state index is 11.9. The number of hydrogen-bond donors (Lipinski definition) is 2. The van der Waals surface area contributed by atoms with E-state index in [0.717, 1.165) is 23.1 Å². The molecular formula is C23H23ClN2O4. The van der Waals surface area contributed by atoms with Gasteiger partial charge in [0.15, 0.2) is 5.75 Å². The molecule has 156 valence electrons. The average Bonchev–Trinajstić information content (AvgIpc) is 2.76. The maximum absolute atomic E-state index is 11.9. The van der Waals surface area contributed by atoms with Crippen molar-refractivity contribution >= 4 is 34.9 Å². The van der Waals surface area contributed by atoms with Gasteiger partial charge in [-0.05, 0) is 29.7 Å². The molecule has 7 heteroatoms. The second kappa shape index (κ2) is 9.13. The third-order valence-corrected chi connectivity index (χ3v) is 5.34. The van der Waals surface area contributed by atoms with Gasteiger partial charge in [-0.2, -0.15) is 0 Å². The van der Waals surface area contributed by atoms with Crippen molar-refractivity contribution in [3.05, 3.63) is 69.4 Å². The van der Waals surface area contributed by atoms with Crippen molar-refractivity contribution in [1.82, 2.24) is 9.88 Å². The number of amides is 1. The van der Waals surface area contributed by atoms with Crippen LogP contribution in [0.4, 0.5) is 0 Å². The predicted octanol–water partition coefficient (Wildman–Crippen LogP) is 4.42. The quantitative estimate of drug-likeness (QED) is 0.602. The summed E-state index contributed by atoms with van der Waals surface area (Å²) in [6.07, 6.45) is 1.73. The minimum Gasteiger partial charge on any atom is -0.505 e. The molecule has 2 N–H and O–H groups in total. The molecule has 30 heavy (non-hydrogen) atoms. The Kier molecular flexibility index (Phi) is 6.57. The highest BCUT2D eigenvalue weighted by atomic mass is 35.5. The number of halogens is 1. The molecule has 0 bridgehead atoms. The third kappa shape index (κ3) is 4.09. The number of aromatic carboxylic acids is 1. The van der Waals surface area contributed by atoms with E-state index >= 15 is 0 Å². The number of carbonyl (C=O) groups is 2. The number of carbonyl (C=O) groups excluding carboxylic acids is 1. The number of nitrogens with zero attached hydrogens (tertiary/aromatic N) is 2. The summed E-state index contributed by atoms with van der Waals surface area (Å²) in [4.78, 5) is 29.4. The molecule has 2 heterocycles. The van der Waals surface area contributed by atoms with Crippen molar-refractivity contribution in [2.75, 3.05) is 6.54 Å². The van der Waals surface area contributed by atoms with Gasteiger partial charge in [-0.25, -0.2) is 9.78 Å². The molecule has 0 unspecified atom stereocenters. The van der Waals surface area contributed by atoms with Gasteiger partial charge < -0.3 is 15.1 Å². The van der Waals surface area contributed by atoms with Crippen LogP contribution >= 0.6 is 11.6 Å². The van der Waals surface area contributed by atoms with Crippen LogP contribution in [0.15, 0.2) is 36.4 Å². The summed E-state index contributed by atoms with van der Waals surface area (Å²) in [5.41, 5.74) is 3.35. The number of aromatic nitrogens is 1. The summed E-state index contributed by atoms with van der Waals surface area (Å²) in [6, 6.07) is 10.6. The first-order chi connectivity index (χ1) is 14.5. The van der Waals surface area contributed by atoms with E-state index in [0.29, 0.717) is 35.4 Å². The summed E-state index contributed by atoms with van der Waals surface area (Å²) in [5, 5.41) is 21.3. The zero-order chi connectivity index (χ0) is 21.8. The zero-order valence-corrected chi connectivity index (χ0v) is 17.6. The molecule has 6 nitrogen and oxygen atoms in total. The molecule has 1 aliphatic rings. The molecule has 1 aromatic heterocycles. The lowest BCUT2D eigenvalue weighted by molar-refractivity contribution is -0.118. The number of hydrogen-bond acceptors (Lipinski definition) is 4. The SMILES string of the molecule is CC.O=CN1CCc2ccc3c(C(=O)O)c(O)c(Cc4ccc(Cl)cc4)nc3c2C1. The minimum atomic E-state index is -1.22. The molecule has 0 spiro atoms. The largest absolute Gasteiger partial charge is 0.505 e. The Morgan fingerprint density at radius 1 is 1.20 bits per heavy atom. The van der Waals surface area contributed by atoms with Gasteiger partial charge in [-0.3, -0.25) is 4.79 Å². The van der Waals surface area contributed by atoms with Crippen LogP contribution in [0, 0.1) is 0 Å². The second-order valence-corrected chi connectivity index (χ2v) is 7.25. The van der Waals surface area contributed by atoms with Crippen LogP contribution < -0.4 is 0 Å². The van der Waals surface area contributed by atoms with E-state index in [2.05, 4.69) is 4.98 Å². The summed E-state index contributed by atoms with van der Waals surface area (Å²) in [6.45, 7) is 4.98. The highest BCUT2D eigenvalue weighted by Gasteiger charge is 2.25. The molecule has 0 radical (unpaired) electrons. The van der Waals surface area contributed by atoms with Gasteiger partial charge in [0.2, 0.25) is 6.41 Å². The lowest BCUT2D eigenvalue weighted by atomic mass is 9.93. The summed E-state index contributed by atoms with van der Waals surface area (Å²) in [5.74, 6) is -1.55. The van der Waals surface area contributed by atoms with Gasteiger partial charge in [0.1, 0.15) is 5.56 Å². The monoisotopic (exact) mass is 426 g/mol. The number of aromatic hydroxyl groups is 1. The first-order valence-electron chi connectivity index (χ1n) is 9.81. The van der Waals surface area contributed by atoms with Gasteiger partial charge in [0.25, 0.3) is 0 Å². The summed E-state index contributed by atoms with van der Waals surface area (Å²) in [7, 11) is 0. The van der Waals surface area contributed by atoms with Crippen LogP contribution in [0.3, 0.4) is 0 Å². The standard InChI is InChI=1S/C21H17ClN2O4.C2H6/c22-14-4-1-12(2-5-14)9-17-20(26)18(21(27)28)15-6-3-13-7-8-24(11-25)10-16(13)19(15)23-17;1-2/h1-6,11,26H,7-10H2,(H,27,28);1-2H3. The molecule has 0 fully saturated rings. The fraction of sp³-hybridized carbons (Fsp3) is 0.261. The first kappa shape index (κ1) is 21.6. The molecule has 0 aliphatic carbocycles. The Morgan fingerprint density at radius 3 is 2.53 bits per heavy atom. The molecule has 4 rings (SSSR count). The average molecular weight is 427 g/mol. The molecular weight excluding hydrogens is 404 g/mol. The molecule has 1 aliphatic heterocycles. The molecule has 0 atom stereocenters. The highest BCUT2D eigenvalue weighted by Crippen LogP contribution is 2.35. The second-order valence-electron chi connectivity index (χ2n) is 6.82. The van der Waals surface area contributed by atoms with Crippen molar-refractivity contribution < 1.29 is 19.8 Å². The first-order valence-corrected chi connectivity index (χ1v) is 10.2. The highest BCUT2D eigenvalue weighted by molar-refractivity contribution is 6.30. The Balaban J connectivity index is 0.00000124. The third-order valence-electron chi connectivity index (χ3n) is 5.08. The van der Waals surface area contributed by atoms with E-state index in [-0.39, 0.29) is 23.4 Å². The molecule has 1 amide bonds. The molecule has 0 saturated carbocycles. The Bertz CT molecular complexity index is 1100. The minimum absolute atomic E-state index is 0.167. The fourth-order valence-corrected chi connectivity index (χ4v) is 3.78. The van der Waals surface area contributed by atoms with Crippen molar-refractivity contribution in [1.29, 1.82) is 0 Å². The van der Waals surface area contributed by atoms with Crippen LogP contribution in [0.1, 0.15) is 46.6 Å². The van der Waals surface area contributed by atoms with E-state index in [1.54, 1.807) is 23.1 Å². The number of rotatable bonds is 4. The van der Waals surface area contributed by atoms with Gasteiger partial charge in [-0.1, -0.05) is 49.7 Å². The van der Waals surface area contributed by atoms with Gasteiger partial charge in [-0.15, -0.1) is 0 Å². The normalized spacial score (nSPS) is 12.7. The van der Waals surface area contributed by atoms with Crippen molar-refractivity contribution in [2.45, 2.75) is 33.2 Å². The lowest BCUT2D eigenvalue weighted by Crippen LogP contribution is -2.29. The maximum Gasteiger partial charge on any atom is 0.340 e. The van der Waals surface area contributed by atoms with Crippen LogP contribution in [-0.2, 0) is 24.2 Å². The number of carboxylic acid groups (broad SMARTS) is 1. The van der Waals surface area contributed by atoms with Crippen molar-refractivity contribution in [3.63, 3.8) is 0 Å². The van der Waals surface area contributed by atoms with Crippen molar-refractivity contribution in [3.8, 4) is 5.75 Å². The van der Waals surface area contributed by atoms with Crippen LogP contribution in [0.2, 0.25) is 5.02 Å². The van der Waals surface area contributed by atoms with Crippen LogP contribution in [0.5, 0.6) is 5.75 Å². The Hall–Kier alpha value is -3.12. The zero-order valence-electron chi connectivity index (χ0n) is 16.9. The summed E-state index contributed by atoms with van der Waals surface area (Å²) < 4.78 is 0. The van der Waals surface area contributed by atoms with E-state index in [1.807, 2.05) is 32.0 Å². The van der Waals surface area contributed by atoms with Gasteiger partial charge >= 0.3 is 5.97 Å². The smallest absolute Gasteiger partial charge is 0.340 e. The van der Waals surface area contributed by atoms with Crippen LogP contribution in [-0.4, -0.2) is 39.0 Å². The molecule has 3 aromatic rings. The fourth-order valence-electron chi connectivity index (χ4n) is 3.65. The lowest BCUT2D eigenvalue weighted by Gasteiger charge is -2.26. The number of fused-ring (bicyclic) bond motifs is 3. The van der Waals surface area contributed by atoms with E-state index in [9.17, 15) is 19.8 Å². The topological polar surface area (TPSA) is 90.7 Å². The number of pyridine rings is 1. The summed E-state index contributed by atoms with van der Waals surface area (Å²) >= 11 is 5.92. The molecule has 2 aromatic carbocycles. The van der Waals surface area contributed by atoms with E-state index in [4.69, 9.17) is 11.6 Å². The number of carboxylic acids is 1. The Morgan fingerprint density at radius 2 is 1.90 bits per heavy atom. The number of benzene rings is 2.